The summed E-state index contributed by atoms with van der Waals surface area (Å²) >= 11 is 0. The molecule has 174 valence electrons. The molecule has 0 amide bonds. The Balaban J connectivity index is 1.66. The Hall–Kier alpha value is -2.95. The standard InChI is InChI=1S/C23H27FN6O2S/c1-3-12-28-13-15-29(16-14-28)22(19-6-8-20(24)9-7-19)23-25-26-27-30(23)17-33(31,32)21-10-4-18(2)5-11-21/h3-11,22H,1,12-17H2,2H3. The SMILES string of the molecule is C=CCN1CCN(C(c2ccc(F)cc2)c2nnnn2CS(=O)(=O)c2ccc(C)cc2)CC1. The van der Waals surface area contributed by atoms with Gasteiger partial charge in [0.2, 0.25) is 0 Å². The van der Waals surface area contributed by atoms with Crippen LogP contribution in [0.1, 0.15) is 23.0 Å². The number of hydrogen-bond acceptors (Lipinski definition) is 7. The smallest absolute Gasteiger partial charge is 0.198 e. The van der Waals surface area contributed by atoms with E-state index >= 15 is 0 Å². The predicted molar refractivity (Wildman–Crippen MR) is 123 cm³/mol. The summed E-state index contributed by atoms with van der Waals surface area (Å²) in [7, 11) is -3.67. The van der Waals surface area contributed by atoms with Crippen LogP contribution in [0.4, 0.5) is 4.39 Å². The third kappa shape index (κ3) is 5.35. The van der Waals surface area contributed by atoms with Gasteiger partial charge >= 0.3 is 0 Å². The fraction of sp³-hybridized carbons (Fsp3) is 0.348. The lowest BCUT2D eigenvalue weighted by Crippen LogP contribution is -2.48. The Labute approximate surface area is 193 Å². The van der Waals surface area contributed by atoms with E-state index in [0.29, 0.717) is 5.82 Å². The van der Waals surface area contributed by atoms with Gasteiger partial charge in [-0.1, -0.05) is 35.9 Å². The van der Waals surface area contributed by atoms with Gasteiger partial charge in [0.1, 0.15) is 5.82 Å². The van der Waals surface area contributed by atoms with Crippen LogP contribution < -0.4 is 0 Å². The summed E-state index contributed by atoms with van der Waals surface area (Å²) in [5.74, 6) is -0.309. The van der Waals surface area contributed by atoms with Crippen LogP contribution >= 0.6 is 0 Å². The van der Waals surface area contributed by atoms with E-state index in [9.17, 15) is 12.8 Å². The van der Waals surface area contributed by atoms with Crippen LogP contribution in [0.3, 0.4) is 0 Å². The van der Waals surface area contributed by atoms with Gasteiger partial charge < -0.3 is 0 Å². The van der Waals surface area contributed by atoms with E-state index in [1.807, 2.05) is 13.0 Å². The number of sulfone groups is 1. The third-order valence-electron chi connectivity index (χ3n) is 5.82. The van der Waals surface area contributed by atoms with Crippen LogP contribution in [0.5, 0.6) is 0 Å². The molecule has 33 heavy (non-hydrogen) atoms. The first kappa shape index (κ1) is 23.2. The van der Waals surface area contributed by atoms with Crippen LogP contribution in [0.15, 0.2) is 66.1 Å². The van der Waals surface area contributed by atoms with Crippen molar-refractivity contribution in [3.63, 3.8) is 0 Å². The monoisotopic (exact) mass is 470 g/mol. The van der Waals surface area contributed by atoms with Crippen LogP contribution in [-0.2, 0) is 15.7 Å². The molecule has 0 bridgehead atoms. The van der Waals surface area contributed by atoms with Crippen molar-refractivity contribution < 1.29 is 12.8 Å². The summed E-state index contributed by atoms with van der Waals surface area (Å²) in [6.07, 6.45) is 1.88. The molecule has 4 rings (SSSR count). The zero-order chi connectivity index (χ0) is 23.4. The molecule has 0 spiro atoms. The molecule has 1 aliphatic rings. The molecule has 10 heteroatoms. The molecular formula is C23H27FN6O2S. The molecule has 1 aliphatic heterocycles. The van der Waals surface area contributed by atoms with E-state index in [1.54, 1.807) is 36.4 Å². The number of hydrogen-bond donors (Lipinski definition) is 0. The molecule has 0 aliphatic carbocycles. The minimum absolute atomic E-state index is 0.214. The normalized spacial score (nSPS) is 16.5. The van der Waals surface area contributed by atoms with Gasteiger partial charge in [-0.25, -0.2) is 17.5 Å². The van der Waals surface area contributed by atoms with Crippen molar-refractivity contribution >= 4 is 9.84 Å². The molecule has 1 aromatic heterocycles. The summed E-state index contributed by atoms with van der Waals surface area (Å²) in [4.78, 5) is 4.70. The highest BCUT2D eigenvalue weighted by Crippen LogP contribution is 2.29. The van der Waals surface area contributed by atoms with Crippen molar-refractivity contribution in [3.05, 3.63) is 84.0 Å². The Bertz CT molecular complexity index is 1190. The molecule has 1 unspecified atom stereocenters. The number of tetrazole rings is 1. The molecule has 0 saturated carbocycles. The molecule has 2 aromatic carbocycles. The second-order valence-electron chi connectivity index (χ2n) is 8.17. The predicted octanol–water partition coefficient (Wildman–Crippen LogP) is 2.45. The van der Waals surface area contributed by atoms with Gasteiger partial charge in [-0.15, -0.1) is 11.7 Å². The Morgan fingerprint density at radius 1 is 1.06 bits per heavy atom. The van der Waals surface area contributed by atoms with Gasteiger partial charge in [0.25, 0.3) is 0 Å². The fourth-order valence-corrected chi connectivity index (χ4v) is 5.24. The van der Waals surface area contributed by atoms with Crippen molar-refractivity contribution in [3.8, 4) is 0 Å². The van der Waals surface area contributed by atoms with Crippen molar-refractivity contribution in [2.75, 3.05) is 32.7 Å². The number of aryl methyl sites for hydroxylation is 1. The minimum Gasteiger partial charge on any atom is -0.297 e. The zero-order valence-corrected chi connectivity index (χ0v) is 19.3. The lowest BCUT2D eigenvalue weighted by molar-refractivity contribution is 0.113. The van der Waals surface area contributed by atoms with Gasteiger partial charge in [0.05, 0.1) is 10.9 Å². The van der Waals surface area contributed by atoms with Gasteiger partial charge in [0, 0.05) is 32.7 Å². The van der Waals surface area contributed by atoms with Crippen molar-refractivity contribution in [1.29, 1.82) is 0 Å². The van der Waals surface area contributed by atoms with Gasteiger partial charge in [-0.05, 0) is 47.2 Å². The van der Waals surface area contributed by atoms with Crippen molar-refractivity contribution in [2.24, 2.45) is 0 Å². The third-order valence-corrected chi connectivity index (χ3v) is 7.40. The quantitative estimate of drug-likeness (QED) is 0.468. The molecule has 3 aromatic rings. The maximum Gasteiger partial charge on any atom is 0.198 e. The van der Waals surface area contributed by atoms with Gasteiger partial charge in [0.15, 0.2) is 21.5 Å². The lowest BCUT2D eigenvalue weighted by Gasteiger charge is -2.38. The molecule has 8 nitrogen and oxygen atoms in total. The summed E-state index contributed by atoms with van der Waals surface area (Å²) in [5.41, 5.74) is 1.78. The van der Waals surface area contributed by atoms with Crippen LogP contribution in [0, 0.1) is 12.7 Å². The van der Waals surface area contributed by atoms with Crippen LogP contribution in [0.2, 0.25) is 0 Å². The number of aromatic nitrogens is 4. The van der Waals surface area contributed by atoms with E-state index in [0.717, 1.165) is 43.9 Å². The van der Waals surface area contributed by atoms with Crippen LogP contribution in [0.25, 0.3) is 0 Å². The summed E-state index contributed by atoms with van der Waals surface area (Å²) in [6, 6.07) is 12.5. The average Bonchev–Trinajstić information content (AvgIpc) is 3.24. The van der Waals surface area contributed by atoms with Gasteiger partial charge in [-0.2, -0.15) is 0 Å². The van der Waals surface area contributed by atoms with E-state index in [1.165, 1.54) is 16.8 Å². The van der Waals surface area contributed by atoms with Crippen LogP contribution in [-0.4, -0.2) is 71.1 Å². The summed E-state index contributed by atoms with van der Waals surface area (Å²) in [5, 5.41) is 12.0. The number of halogens is 1. The molecule has 2 heterocycles. The number of rotatable bonds is 8. The van der Waals surface area contributed by atoms with Crippen molar-refractivity contribution in [1.82, 2.24) is 30.0 Å². The summed E-state index contributed by atoms with van der Waals surface area (Å²) < 4.78 is 41.1. The molecule has 0 radical (unpaired) electrons. The first-order chi connectivity index (χ1) is 15.9. The Morgan fingerprint density at radius 3 is 2.36 bits per heavy atom. The fourth-order valence-electron chi connectivity index (χ4n) is 4.04. The second-order valence-corrected chi connectivity index (χ2v) is 10.1. The molecule has 0 N–H and O–H groups in total. The number of piperazine rings is 1. The first-order valence-corrected chi connectivity index (χ1v) is 12.4. The highest BCUT2D eigenvalue weighted by molar-refractivity contribution is 7.90. The van der Waals surface area contributed by atoms with E-state index < -0.39 is 15.9 Å². The zero-order valence-electron chi connectivity index (χ0n) is 18.5. The van der Waals surface area contributed by atoms with E-state index in [-0.39, 0.29) is 16.6 Å². The Kier molecular flexibility index (Phi) is 6.96. The maximum atomic E-state index is 13.6. The summed E-state index contributed by atoms with van der Waals surface area (Å²) in [6.45, 7) is 9.62. The average molecular weight is 471 g/mol. The highest BCUT2D eigenvalue weighted by atomic mass is 32.2. The largest absolute Gasteiger partial charge is 0.297 e. The van der Waals surface area contributed by atoms with Crippen molar-refractivity contribution in [2.45, 2.75) is 23.7 Å². The first-order valence-electron chi connectivity index (χ1n) is 10.8. The molecule has 1 saturated heterocycles. The minimum atomic E-state index is -3.67. The number of benzene rings is 2. The van der Waals surface area contributed by atoms with Gasteiger partial charge in [-0.3, -0.25) is 9.80 Å². The lowest BCUT2D eigenvalue weighted by atomic mass is 10.0. The molecular weight excluding hydrogens is 443 g/mol. The topological polar surface area (TPSA) is 84.2 Å². The van der Waals surface area contributed by atoms with E-state index in [4.69, 9.17) is 0 Å². The second kappa shape index (κ2) is 9.90. The maximum absolute atomic E-state index is 13.6. The molecule has 1 atom stereocenters. The molecule has 1 fully saturated rings. The highest BCUT2D eigenvalue weighted by Gasteiger charge is 2.31. The Morgan fingerprint density at radius 2 is 1.73 bits per heavy atom. The van der Waals surface area contributed by atoms with E-state index in [2.05, 4.69) is 31.9 Å². The number of nitrogens with zero attached hydrogens (tertiary/aromatic N) is 6.